The van der Waals surface area contributed by atoms with Gasteiger partial charge in [-0.3, -0.25) is 0 Å². The molecule has 0 amide bonds. The molecule has 1 unspecified atom stereocenters. The van der Waals surface area contributed by atoms with Gasteiger partial charge in [-0.2, -0.15) is 0 Å². The summed E-state index contributed by atoms with van der Waals surface area (Å²) >= 11 is 0. The minimum atomic E-state index is -0.181. The Morgan fingerprint density at radius 2 is 1.67 bits per heavy atom. The van der Waals surface area contributed by atoms with Gasteiger partial charge in [0.05, 0.1) is 12.2 Å². The fourth-order valence-electron chi connectivity index (χ4n) is 1.10. The van der Waals surface area contributed by atoms with Crippen molar-refractivity contribution >= 4 is 0 Å². The van der Waals surface area contributed by atoms with E-state index in [0.29, 0.717) is 12.7 Å². The van der Waals surface area contributed by atoms with Gasteiger partial charge in [-0.1, -0.05) is 20.8 Å². The molecule has 0 aliphatic carbocycles. The lowest BCUT2D eigenvalue weighted by atomic mass is 10.2. The van der Waals surface area contributed by atoms with Crippen LogP contribution < -0.4 is 0 Å². The van der Waals surface area contributed by atoms with Crippen molar-refractivity contribution in [3.8, 4) is 0 Å². The lowest BCUT2D eigenvalue weighted by molar-refractivity contribution is 0.0239. The van der Waals surface area contributed by atoms with Crippen LogP contribution in [0.15, 0.2) is 0 Å². The van der Waals surface area contributed by atoms with Crippen LogP contribution in [0.25, 0.3) is 0 Å². The van der Waals surface area contributed by atoms with Crippen molar-refractivity contribution in [2.24, 2.45) is 0 Å². The van der Waals surface area contributed by atoms with Crippen LogP contribution in [0, 0.1) is 0 Å². The monoisotopic (exact) mass is 174 g/mol. The Morgan fingerprint density at radius 1 is 1.08 bits per heavy atom. The minimum absolute atomic E-state index is 0.181. The Balaban J connectivity index is 3.28. The number of rotatable bonds is 7. The van der Waals surface area contributed by atoms with Gasteiger partial charge >= 0.3 is 0 Å². The average molecular weight is 174 g/mol. The van der Waals surface area contributed by atoms with Crippen LogP contribution in [0.4, 0.5) is 0 Å². The normalized spacial score (nSPS) is 13.8. The summed E-state index contributed by atoms with van der Waals surface area (Å²) in [6.07, 6.45) is 3.94. The van der Waals surface area contributed by atoms with Crippen molar-refractivity contribution in [2.45, 2.75) is 58.7 Å². The fourth-order valence-corrected chi connectivity index (χ4v) is 1.10. The molecule has 1 N–H and O–H groups in total. The van der Waals surface area contributed by atoms with Crippen LogP contribution in [0.1, 0.15) is 46.5 Å². The van der Waals surface area contributed by atoms with Crippen LogP contribution in [-0.4, -0.2) is 23.9 Å². The highest BCUT2D eigenvalue weighted by molar-refractivity contribution is 4.54. The number of aliphatic hydroxyl groups excluding tert-OH is 1. The van der Waals surface area contributed by atoms with E-state index >= 15 is 0 Å². The summed E-state index contributed by atoms with van der Waals surface area (Å²) in [6.45, 7) is 6.94. The standard InChI is InChI=1S/C10H22O2/c1-4-9(11)7-8-12-10(5-2)6-3/h9-11H,4-8H2,1-3H3. The second kappa shape index (κ2) is 7.56. The third-order valence-corrected chi connectivity index (χ3v) is 2.19. The van der Waals surface area contributed by atoms with Crippen molar-refractivity contribution in [3.63, 3.8) is 0 Å². The quantitative estimate of drug-likeness (QED) is 0.642. The summed E-state index contributed by atoms with van der Waals surface area (Å²) in [7, 11) is 0. The van der Waals surface area contributed by atoms with Gasteiger partial charge in [0.25, 0.3) is 0 Å². The maximum Gasteiger partial charge on any atom is 0.0569 e. The summed E-state index contributed by atoms with van der Waals surface area (Å²) in [4.78, 5) is 0. The van der Waals surface area contributed by atoms with E-state index in [2.05, 4.69) is 13.8 Å². The van der Waals surface area contributed by atoms with Crippen LogP contribution in [0.5, 0.6) is 0 Å². The lowest BCUT2D eigenvalue weighted by Gasteiger charge is -2.15. The smallest absolute Gasteiger partial charge is 0.0569 e. The molecule has 0 bridgehead atoms. The van der Waals surface area contributed by atoms with Gasteiger partial charge in [-0.15, -0.1) is 0 Å². The molecule has 74 valence electrons. The van der Waals surface area contributed by atoms with Gasteiger partial charge < -0.3 is 9.84 Å². The van der Waals surface area contributed by atoms with Gasteiger partial charge in [0, 0.05) is 6.61 Å². The molecule has 0 rings (SSSR count). The molecule has 0 spiro atoms. The van der Waals surface area contributed by atoms with E-state index in [0.717, 1.165) is 25.7 Å². The Bertz CT molecular complexity index is 89.8. The first-order chi connectivity index (χ1) is 5.74. The zero-order valence-corrected chi connectivity index (χ0v) is 8.55. The fraction of sp³-hybridized carbons (Fsp3) is 1.00. The predicted molar refractivity (Wildman–Crippen MR) is 51.2 cm³/mol. The molecule has 2 nitrogen and oxygen atoms in total. The van der Waals surface area contributed by atoms with Crippen molar-refractivity contribution in [3.05, 3.63) is 0 Å². The van der Waals surface area contributed by atoms with E-state index in [4.69, 9.17) is 4.74 Å². The molecule has 0 aliphatic heterocycles. The Hall–Kier alpha value is -0.0800. The second-order valence-corrected chi connectivity index (χ2v) is 3.16. The number of aliphatic hydroxyl groups is 1. The van der Waals surface area contributed by atoms with Crippen LogP contribution in [0.2, 0.25) is 0 Å². The second-order valence-electron chi connectivity index (χ2n) is 3.16. The van der Waals surface area contributed by atoms with E-state index < -0.39 is 0 Å². The topological polar surface area (TPSA) is 29.5 Å². The molecule has 0 aromatic carbocycles. The first-order valence-electron chi connectivity index (χ1n) is 5.04. The van der Waals surface area contributed by atoms with Gasteiger partial charge in [0.1, 0.15) is 0 Å². The summed E-state index contributed by atoms with van der Waals surface area (Å²) < 4.78 is 5.55. The summed E-state index contributed by atoms with van der Waals surface area (Å²) in [5.41, 5.74) is 0. The molecule has 1 atom stereocenters. The first kappa shape index (κ1) is 11.9. The zero-order chi connectivity index (χ0) is 9.40. The maximum absolute atomic E-state index is 9.24. The molecule has 0 aromatic rings. The molecule has 2 heteroatoms. The largest absolute Gasteiger partial charge is 0.393 e. The van der Waals surface area contributed by atoms with Gasteiger partial charge in [0.2, 0.25) is 0 Å². The van der Waals surface area contributed by atoms with Crippen LogP contribution in [0.3, 0.4) is 0 Å². The average Bonchev–Trinajstić information content (AvgIpc) is 2.12. The summed E-state index contributed by atoms with van der Waals surface area (Å²) in [5.74, 6) is 0. The van der Waals surface area contributed by atoms with E-state index in [1.165, 1.54) is 0 Å². The Morgan fingerprint density at radius 3 is 2.08 bits per heavy atom. The van der Waals surface area contributed by atoms with Crippen LogP contribution in [-0.2, 0) is 4.74 Å². The van der Waals surface area contributed by atoms with E-state index in [9.17, 15) is 5.11 Å². The highest BCUT2D eigenvalue weighted by Crippen LogP contribution is 2.05. The zero-order valence-electron chi connectivity index (χ0n) is 8.55. The third-order valence-electron chi connectivity index (χ3n) is 2.19. The molecule has 0 saturated carbocycles. The first-order valence-corrected chi connectivity index (χ1v) is 5.04. The number of ether oxygens (including phenoxy) is 1. The molecule has 0 aromatic heterocycles. The third kappa shape index (κ3) is 5.56. The Kier molecular flexibility index (Phi) is 7.51. The van der Waals surface area contributed by atoms with Gasteiger partial charge in [0.15, 0.2) is 0 Å². The SMILES string of the molecule is CCC(O)CCOC(CC)CC. The molecule has 12 heavy (non-hydrogen) atoms. The highest BCUT2D eigenvalue weighted by atomic mass is 16.5. The molecule has 0 fully saturated rings. The Labute approximate surface area is 75.9 Å². The van der Waals surface area contributed by atoms with E-state index in [1.807, 2.05) is 6.92 Å². The van der Waals surface area contributed by atoms with Crippen molar-refractivity contribution in [1.29, 1.82) is 0 Å². The molecule has 0 aliphatic rings. The van der Waals surface area contributed by atoms with Crippen molar-refractivity contribution in [1.82, 2.24) is 0 Å². The lowest BCUT2D eigenvalue weighted by Crippen LogP contribution is -2.15. The van der Waals surface area contributed by atoms with E-state index in [-0.39, 0.29) is 6.10 Å². The van der Waals surface area contributed by atoms with Crippen molar-refractivity contribution in [2.75, 3.05) is 6.61 Å². The number of hydrogen-bond donors (Lipinski definition) is 1. The van der Waals surface area contributed by atoms with Gasteiger partial charge in [-0.05, 0) is 25.7 Å². The molecular formula is C10H22O2. The van der Waals surface area contributed by atoms with Gasteiger partial charge in [-0.25, -0.2) is 0 Å². The summed E-state index contributed by atoms with van der Waals surface area (Å²) in [6, 6.07) is 0. The maximum atomic E-state index is 9.24. The summed E-state index contributed by atoms with van der Waals surface area (Å²) in [5, 5.41) is 9.24. The molecular weight excluding hydrogens is 152 g/mol. The number of hydrogen-bond acceptors (Lipinski definition) is 2. The predicted octanol–water partition coefficient (Wildman–Crippen LogP) is 2.35. The molecule has 0 heterocycles. The van der Waals surface area contributed by atoms with Crippen molar-refractivity contribution < 1.29 is 9.84 Å². The minimum Gasteiger partial charge on any atom is -0.393 e. The van der Waals surface area contributed by atoms with Crippen LogP contribution >= 0.6 is 0 Å². The highest BCUT2D eigenvalue weighted by Gasteiger charge is 2.04. The van der Waals surface area contributed by atoms with E-state index in [1.54, 1.807) is 0 Å². The molecule has 0 saturated heterocycles. The molecule has 0 radical (unpaired) electrons.